The Morgan fingerprint density at radius 3 is 2.88 bits per heavy atom. The molecule has 176 valence electrons. The van der Waals surface area contributed by atoms with E-state index in [4.69, 9.17) is 15.0 Å². The van der Waals surface area contributed by atoms with E-state index in [0.29, 0.717) is 42.8 Å². The van der Waals surface area contributed by atoms with E-state index in [1.165, 1.54) is 15.9 Å². The molecule has 3 heterocycles. The first-order valence-electron chi connectivity index (χ1n) is 13.2. The smallest absolute Gasteiger partial charge is 0.255 e. The van der Waals surface area contributed by atoms with Crippen molar-refractivity contribution in [1.82, 2.24) is 15.1 Å². The van der Waals surface area contributed by atoms with Crippen molar-refractivity contribution in [3.05, 3.63) is 76.9 Å². The molecule has 2 unspecified atom stereocenters. The number of hydrogen-bond acceptors (Lipinski definition) is 5. The number of nitrogens with one attached hydrogen (secondary N) is 1. The third kappa shape index (κ3) is 4.41. The predicted octanol–water partition coefficient (Wildman–Crippen LogP) is 2.37. The van der Waals surface area contributed by atoms with E-state index in [0.717, 1.165) is 0 Å². The van der Waals surface area contributed by atoms with Gasteiger partial charge in [-0.05, 0) is 36.1 Å². The average Bonchev–Trinajstić information content (AvgIpc) is 3.22. The molecule has 2 saturated heterocycles. The molecule has 2 atom stereocenters. The topological polar surface area (TPSA) is 88.2 Å². The highest BCUT2D eigenvalue weighted by atomic mass is 16.5. The maximum atomic E-state index is 13.1. The summed E-state index contributed by atoms with van der Waals surface area (Å²) in [5.41, 5.74) is 1.79. The number of allylic oxidation sites excluding steroid dienone is 1. The predicted molar refractivity (Wildman–Crippen MR) is 124 cm³/mol. The summed E-state index contributed by atoms with van der Waals surface area (Å²) in [6.45, 7) is 3.13. The van der Waals surface area contributed by atoms with Gasteiger partial charge in [-0.25, -0.2) is 0 Å². The largest absolute Gasteiger partial charge is 0.489 e. The molecule has 3 aliphatic heterocycles. The molecule has 0 aliphatic carbocycles. The van der Waals surface area contributed by atoms with Crippen molar-refractivity contribution in [3.63, 3.8) is 0 Å². The summed E-state index contributed by atoms with van der Waals surface area (Å²) in [4.78, 5) is 40.7. The Labute approximate surface area is 203 Å². The van der Waals surface area contributed by atoms with Crippen LogP contribution >= 0.6 is 0 Å². The molecule has 2 aromatic rings. The van der Waals surface area contributed by atoms with Gasteiger partial charge in [-0.3, -0.25) is 14.4 Å². The van der Waals surface area contributed by atoms with Crippen LogP contribution < -0.4 is 10.1 Å². The van der Waals surface area contributed by atoms with Gasteiger partial charge >= 0.3 is 0 Å². The van der Waals surface area contributed by atoms with E-state index < -0.39 is 12.6 Å². The number of fused-ring (bicyclic) bond motifs is 1. The molecule has 5 rings (SSSR count). The summed E-state index contributed by atoms with van der Waals surface area (Å²) in [5, 5.41) is 2.70. The Bertz CT molecular complexity index is 1350. The maximum absolute atomic E-state index is 13.1. The first-order valence-corrected chi connectivity index (χ1v) is 11.1. The summed E-state index contributed by atoms with van der Waals surface area (Å²) in [5.74, 6) is -0.569. The molecule has 8 nitrogen and oxygen atoms in total. The fourth-order valence-electron chi connectivity index (χ4n) is 4.32. The molecule has 0 spiro atoms. The highest BCUT2D eigenvalue weighted by molar-refractivity contribution is 6.02. The number of nitrogens with zero attached hydrogens (tertiary/aromatic N) is 2. The average molecular weight is 466 g/mol. The van der Waals surface area contributed by atoms with Crippen LogP contribution in [-0.4, -0.2) is 53.3 Å². The van der Waals surface area contributed by atoms with Gasteiger partial charge in [0.05, 0.1) is 18.6 Å². The molecular formula is C26H27N3O5. The van der Waals surface area contributed by atoms with E-state index in [2.05, 4.69) is 11.9 Å². The van der Waals surface area contributed by atoms with Gasteiger partial charge in [0.25, 0.3) is 5.91 Å². The lowest BCUT2D eigenvalue weighted by Gasteiger charge is -2.31. The third-order valence-electron chi connectivity index (χ3n) is 6.16. The Kier molecular flexibility index (Phi) is 4.86. The molecule has 0 radical (unpaired) electrons. The monoisotopic (exact) mass is 465 g/mol. The summed E-state index contributed by atoms with van der Waals surface area (Å²) in [6, 6.07) is 5.00. The first-order chi connectivity index (χ1) is 18.2. The number of morpholine rings is 1. The van der Waals surface area contributed by atoms with Gasteiger partial charge in [-0.1, -0.05) is 36.8 Å². The second kappa shape index (κ2) is 9.30. The van der Waals surface area contributed by atoms with Gasteiger partial charge in [-0.15, -0.1) is 0 Å². The van der Waals surface area contributed by atoms with Crippen LogP contribution in [0.4, 0.5) is 0 Å². The minimum atomic E-state index is -1.44. The maximum Gasteiger partial charge on any atom is 0.255 e. The lowest BCUT2D eigenvalue weighted by molar-refractivity contribution is -0.143. The molecule has 8 heteroatoms. The standard InChI is InChI=1S/C26H27N3O5/c1-17-5-10-22(25(31)27-17)29-14-21-20(26(29)32)3-2-4-23(21)34-15-19-8-6-18(7-9-19)13-28-11-12-33-16-24(28)30/h2-4,6-9,22H,1,5,10-16H2,(H,27,31)/i6D,7D,8D,15D. The zero-order chi connectivity index (χ0) is 27.1. The number of amides is 3. The highest BCUT2D eigenvalue weighted by Gasteiger charge is 2.39. The van der Waals surface area contributed by atoms with Crippen molar-refractivity contribution in [3.8, 4) is 5.75 Å². The molecule has 2 fully saturated rings. The van der Waals surface area contributed by atoms with Gasteiger partial charge in [0, 0.05) is 29.9 Å². The Morgan fingerprint density at radius 1 is 1.21 bits per heavy atom. The van der Waals surface area contributed by atoms with Crippen LogP contribution in [-0.2, 0) is 34.0 Å². The van der Waals surface area contributed by atoms with Crippen LogP contribution in [0.15, 0.2) is 54.7 Å². The lowest BCUT2D eigenvalue weighted by Crippen LogP contribution is -2.49. The van der Waals surface area contributed by atoms with Crippen molar-refractivity contribution >= 4 is 17.7 Å². The van der Waals surface area contributed by atoms with E-state index in [-0.39, 0.29) is 72.4 Å². The zero-order valence-corrected chi connectivity index (χ0v) is 18.6. The third-order valence-corrected chi connectivity index (χ3v) is 6.16. The van der Waals surface area contributed by atoms with Crippen LogP contribution in [0.5, 0.6) is 5.75 Å². The fraction of sp³-hybridized carbons (Fsp3) is 0.346. The van der Waals surface area contributed by atoms with Gasteiger partial charge in [0.1, 0.15) is 25.0 Å². The van der Waals surface area contributed by atoms with E-state index in [1.807, 2.05) is 0 Å². The summed E-state index contributed by atoms with van der Waals surface area (Å²) < 4.78 is 44.9. The normalized spacial score (nSPS) is 23.0. The number of hydrogen-bond donors (Lipinski definition) is 1. The first kappa shape index (κ1) is 17.8. The Hall–Kier alpha value is -3.65. The number of carbonyl (C=O) groups excluding carboxylic acids is 3. The Balaban J connectivity index is 1.37. The Morgan fingerprint density at radius 2 is 2.06 bits per heavy atom. The van der Waals surface area contributed by atoms with Crippen LogP contribution in [0.25, 0.3) is 0 Å². The number of ether oxygens (including phenoxy) is 2. The molecule has 34 heavy (non-hydrogen) atoms. The van der Waals surface area contributed by atoms with Crippen molar-refractivity contribution in [2.75, 3.05) is 19.8 Å². The summed E-state index contributed by atoms with van der Waals surface area (Å²) in [7, 11) is 0. The van der Waals surface area contributed by atoms with Crippen LogP contribution in [0.3, 0.4) is 0 Å². The van der Waals surface area contributed by atoms with Gasteiger partial charge in [0.15, 0.2) is 0 Å². The zero-order valence-electron chi connectivity index (χ0n) is 22.6. The quantitative estimate of drug-likeness (QED) is 0.708. The van der Waals surface area contributed by atoms with Crippen molar-refractivity contribution < 1.29 is 29.3 Å². The summed E-state index contributed by atoms with van der Waals surface area (Å²) >= 11 is 0. The molecule has 0 bridgehead atoms. The van der Waals surface area contributed by atoms with Gasteiger partial charge < -0.3 is 24.6 Å². The fourth-order valence-corrected chi connectivity index (χ4v) is 4.32. The number of rotatable bonds is 6. The lowest BCUT2D eigenvalue weighted by atomic mass is 10.0. The molecule has 0 aromatic heterocycles. The second-order valence-corrected chi connectivity index (χ2v) is 8.44. The molecule has 3 aliphatic rings. The van der Waals surface area contributed by atoms with Crippen molar-refractivity contribution in [1.29, 1.82) is 0 Å². The molecule has 2 aromatic carbocycles. The van der Waals surface area contributed by atoms with Gasteiger partial charge in [-0.2, -0.15) is 0 Å². The SMILES string of the molecule is [2H]c1cc(C([2H])Oc2cccc3c2CN(C2CCC(=C)NC2=O)C3=O)c([2H])c([2H])c1CN1CCOCC1=O. The van der Waals surface area contributed by atoms with Crippen molar-refractivity contribution in [2.45, 2.75) is 38.6 Å². The number of carbonyl (C=O) groups is 3. The van der Waals surface area contributed by atoms with Crippen LogP contribution in [0, 0.1) is 0 Å². The minimum Gasteiger partial charge on any atom is -0.489 e. The van der Waals surface area contributed by atoms with E-state index >= 15 is 0 Å². The molecule has 3 amide bonds. The molecule has 1 N–H and O–H groups in total. The minimum absolute atomic E-state index is 0.0156. The molecular weight excluding hydrogens is 434 g/mol. The van der Waals surface area contributed by atoms with E-state index in [9.17, 15) is 14.4 Å². The van der Waals surface area contributed by atoms with Crippen molar-refractivity contribution in [2.24, 2.45) is 0 Å². The van der Waals surface area contributed by atoms with Crippen LogP contribution in [0.2, 0.25) is 0 Å². The number of piperidine rings is 1. The van der Waals surface area contributed by atoms with Crippen LogP contribution in [0.1, 0.15) is 45.4 Å². The highest BCUT2D eigenvalue weighted by Crippen LogP contribution is 2.34. The second-order valence-electron chi connectivity index (χ2n) is 8.44. The number of benzene rings is 2. The molecule has 0 saturated carbocycles. The van der Waals surface area contributed by atoms with Gasteiger partial charge in [0.2, 0.25) is 11.8 Å². The van der Waals surface area contributed by atoms with E-state index in [1.54, 1.807) is 18.2 Å². The summed E-state index contributed by atoms with van der Waals surface area (Å²) in [6.07, 6.45) is 1.03.